The Kier molecular flexibility index (Phi) is 7.66. The standard InChI is InChI=1S/C14H17F3N2O2S.ClH/c15-14(16,17)10-2-1-3-11(4-10)22-8-13(21)19-6-9-5-18-7-12(9)20;/h1-4,9,12,18,20H,5-8H2,(H,19,21);1H. The fraction of sp³-hybridized carbons (Fsp3) is 0.500. The smallest absolute Gasteiger partial charge is 0.391 e. The van der Waals surface area contributed by atoms with Gasteiger partial charge in [0, 0.05) is 30.4 Å². The van der Waals surface area contributed by atoms with Crippen molar-refractivity contribution in [1.82, 2.24) is 10.6 Å². The lowest BCUT2D eigenvalue weighted by Crippen LogP contribution is -2.35. The van der Waals surface area contributed by atoms with Crippen LogP contribution < -0.4 is 10.6 Å². The Morgan fingerprint density at radius 3 is 2.74 bits per heavy atom. The van der Waals surface area contributed by atoms with Gasteiger partial charge in [-0.15, -0.1) is 24.2 Å². The van der Waals surface area contributed by atoms with E-state index in [1.54, 1.807) is 0 Å². The number of hydrogen-bond acceptors (Lipinski definition) is 4. The van der Waals surface area contributed by atoms with Crippen molar-refractivity contribution < 1.29 is 23.1 Å². The normalized spacial score (nSPS) is 20.9. The molecule has 1 aromatic rings. The fourth-order valence-electron chi connectivity index (χ4n) is 2.13. The van der Waals surface area contributed by atoms with Crippen LogP contribution in [0.25, 0.3) is 0 Å². The second kappa shape index (κ2) is 8.77. The number of rotatable bonds is 5. The molecule has 0 aromatic heterocycles. The summed E-state index contributed by atoms with van der Waals surface area (Å²) in [6.45, 7) is 1.51. The van der Waals surface area contributed by atoms with Crippen LogP contribution in [0.3, 0.4) is 0 Å². The molecule has 1 heterocycles. The highest BCUT2D eigenvalue weighted by atomic mass is 35.5. The summed E-state index contributed by atoms with van der Waals surface area (Å²) in [6.07, 6.45) is -4.86. The Balaban J connectivity index is 0.00000264. The summed E-state index contributed by atoms with van der Waals surface area (Å²) in [7, 11) is 0. The lowest BCUT2D eigenvalue weighted by Gasteiger charge is -2.14. The summed E-state index contributed by atoms with van der Waals surface area (Å²) in [4.78, 5) is 12.1. The number of alkyl halides is 3. The van der Waals surface area contributed by atoms with Gasteiger partial charge in [-0.1, -0.05) is 6.07 Å². The molecule has 3 N–H and O–H groups in total. The predicted molar refractivity (Wildman–Crippen MR) is 84.8 cm³/mol. The van der Waals surface area contributed by atoms with Crippen LogP contribution in [-0.2, 0) is 11.0 Å². The number of benzene rings is 1. The van der Waals surface area contributed by atoms with E-state index >= 15 is 0 Å². The van der Waals surface area contributed by atoms with Gasteiger partial charge in [-0.25, -0.2) is 0 Å². The van der Waals surface area contributed by atoms with Gasteiger partial charge in [0.05, 0.1) is 17.4 Å². The van der Waals surface area contributed by atoms with Gasteiger partial charge in [0.1, 0.15) is 0 Å². The Bertz CT molecular complexity index is 531. The van der Waals surface area contributed by atoms with Crippen LogP contribution in [-0.4, -0.2) is 42.5 Å². The molecule has 2 rings (SSSR count). The molecule has 0 aliphatic carbocycles. The minimum absolute atomic E-state index is 0. The van der Waals surface area contributed by atoms with Crippen LogP contribution in [0, 0.1) is 5.92 Å². The van der Waals surface area contributed by atoms with Crippen molar-refractivity contribution in [2.24, 2.45) is 5.92 Å². The highest BCUT2D eigenvalue weighted by Gasteiger charge is 2.30. The van der Waals surface area contributed by atoms with Crippen LogP contribution in [0.4, 0.5) is 13.2 Å². The molecule has 9 heteroatoms. The van der Waals surface area contributed by atoms with Crippen molar-refractivity contribution in [1.29, 1.82) is 0 Å². The van der Waals surface area contributed by atoms with E-state index in [4.69, 9.17) is 0 Å². The fourth-order valence-corrected chi connectivity index (χ4v) is 2.92. The molecule has 1 saturated heterocycles. The van der Waals surface area contributed by atoms with Gasteiger partial charge in [0.25, 0.3) is 0 Å². The van der Waals surface area contributed by atoms with E-state index in [1.165, 1.54) is 12.1 Å². The largest absolute Gasteiger partial charge is 0.416 e. The van der Waals surface area contributed by atoms with Crippen molar-refractivity contribution in [3.8, 4) is 0 Å². The minimum Gasteiger partial charge on any atom is -0.391 e. The molecule has 0 saturated carbocycles. The SMILES string of the molecule is Cl.O=C(CSc1cccc(C(F)(F)F)c1)NCC1CNCC1O. The van der Waals surface area contributed by atoms with Gasteiger partial charge >= 0.3 is 6.18 Å². The second-order valence-electron chi connectivity index (χ2n) is 5.10. The number of carbonyl (C=O) groups is 1. The predicted octanol–water partition coefficient (Wildman–Crippen LogP) is 1.92. The molecular formula is C14H18ClF3N2O2S. The van der Waals surface area contributed by atoms with E-state index in [9.17, 15) is 23.1 Å². The first-order chi connectivity index (χ1) is 10.4. The topological polar surface area (TPSA) is 61.4 Å². The zero-order chi connectivity index (χ0) is 16.2. The minimum atomic E-state index is -4.38. The van der Waals surface area contributed by atoms with Crippen LogP contribution in [0.15, 0.2) is 29.2 Å². The monoisotopic (exact) mass is 370 g/mol. The number of aliphatic hydroxyl groups excluding tert-OH is 1. The molecule has 1 fully saturated rings. The zero-order valence-electron chi connectivity index (χ0n) is 12.1. The lowest BCUT2D eigenvalue weighted by molar-refractivity contribution is -0.137. The van der Waals surface area contributed by atoms with E-state index in [1.807, 2.05) is 0 Å². The van der Waals surface area contributed by atoms with Crippen molar-refractivity contribution in [2.75, 3.05) is 25.4 Å². The molecule has 2 unspecified atom stereocenters. The first-order valence-electron chi connectivity index (χ1n) is 6.82. The zero-order valence-corrected chi connectivity index (χ0v) is 13.7. The van der Waals surface area contributed by atoms with Crippen LogP contribution >= 0.6 is 24.2 Å². The lowest BCUT2D eigenvalue weighted by atomic mass is 10.1. The molecule has 0 radical (unpaired) electrons. The Hall–Kier alpha value is -0.960. The average Bonchev–Trinajstić information content (AvgIpc) is 2.88. The summed E-state index contributed by atoms with van der Waals surface area (Å²) in [5.74, 6) is -0.249. The quantitative estimate of drug-likeness (QED) is 0.693. The maximum Gasteiger partial charge on any atom is 0.416 e. The van der Waals surface area contributed by atoms with Gasteiger partial charge < -0.3 is 15.7 Å². The van der Waals surface area contributed by atoms with Crippen molar-refractivity contribution in [3.05, 3.63) is 29.8 Å². The number of amides is 1. The number of nitrogens with one attached hydrogen (secondary N) is 2. The van der Waals surface area contributed by atoms with Gasteiger partial charge in [-0.05, 0) is 18.2 Å². The van der Waals surface area contributed by atoms with Crippen molar-refractivity contribution in [2.45, 2.75) is 17.2 Å². The van der Waals surface area contributed by atoms with E-state index in [0.29, 0.717) is 24.5 Å². The van der Waals surface area contributed by atoms with E-state index in [2.05, 4.69) is 10.6 Å². The third-order valence-electron chi connectivity index (χ3n) is 3.40. The summed E-state index contributed by atoms with van der Waals surface area (Å²) >= 11 is 1.05. The third-order valence-corrected chi connectivity index (χ3v) is 4.39. The molecule has 1 amide bonds. The van der Waals surface area contributed by atoms with Crippen LogP contribution in [0.1, 0.15) is 5.56 Å². The Morgan fingerprint density at radius 1 is 1.39 bits per heavy atom. The van der Waals surface area contributed by atoms with E-state index in [-0.39, 0.29) is 30.0 Å². The third kappa shape index (κ3) is 6.21. The van der Waals surface area contributed by atoms with E-state index < -0.39 is 17.8 Å². The second-order valence-corrected chi connectivity index (χ2v) is 6.15. The molecule has 1 aromatic carbocycles. The molecule has 0 bridgehead atoms. The molecule has 0 spiro atoms. The summed E-state index contributed by atoms with van der Waals surface area (Å²) in [5.41, 5.74) is -0.724. The molecule has 2 atom stereocenters. The first kappa shape index (κ1) is 20.1. The number of halogens is 4. The molecule has 4 nitrogen and oxygen atoms in total. The number of hydrogen-bond donors (Lipinski definition) is 3. The van der Waals surface area contributed by atoms with E-state index in [0.717, 1.165) is 23.9 Å². The summed E-state index contributed by atoms with van der Waals surface area (Å²) in [6, 6.07) is 4.89. The number of thioether (sulfide) groups is 1. The number of aliphatic hydroxyl groups is 1. The maximum atomic E-state index is 12.6. The first-order valence-corrected chi connectivity index (χ1v) is 7.80. The molecule has 23 heavy (non-hydrogen) atoms. The highest BCUT2D eigenvalue weighted by molar-refractivity contribution is 8.00. The molecule has 1 aliphatic heterocycles. The van der Waals surface area contributed by atoms with Crippen molar-refractivity contribution in [3.63, 3.8) is 0 Å². The van der Waals surface area contributed by atoms with Crippen molar-refractivity contribution >= 4 is 30.1 Å². The number of β-amino-alcohol motifs (C(OH)–C–C–N with tert-alkyl or cyclic N) is 1. The molecular weight excluding hydrogens is 353 g/mol. The Morgan fingerprint density at radius 2 is 2.13 bits per heavy atom. The van der Waals surface area contributed by atoms with Gasteiger partial charge in [0.2, 0.25) is 5.91 Å². The summed E-state index contributed by atoms with van der Waals surface area (Å²) < 4.78 is 37.7. The number of carbonyl (C=O) groups excluding carboxylic acids is 1. The maximum absolute atomic E-state index is 12.6. The Labute approximate surface area is 142 Å². The average molecular weight is 371 g/mol. The highest BCUT2D eigenvalue weighted by Crippen LogP contribution is 2.31. The van der Waals surface area contributed by atoms with Gasteiger partial charge in [-0.2, -0.15) is 13.2 Å². The van der Waals surface area contributed by atoms with Crippen LogP contribution in [0.5, 0.6) is 0 Å². The molecule has 130 valence electrons. The van der Waals surface area contributed by atoms with Gasteiger partial charge in [0.15, 0.2) is 0 Å². The molecule has 1 aliphatic rings. The van der Waals surface area contributed by atoms with Gasteiger partial charge in [-0.3, -0.25) is 4.79 Å². The van der Waals surface area contributed by atoms with Crippen LogP contribution in [0.2, 0.25) is 0 Å². The summed E-state index contributed by atoms with van der Waals surface area (Å²) in [5, 5.41) is 15.3.